The molecule has 22 valence electrons. The van der Waals surface area contributed by atoms with E-state index in [1.165, 1.54) is 0 Å². The molecule has 0 saturated carbocycles. The van der Waals surface area contributed by atoms with Gasteiger partial charge in [-0.3, -0.25) is 4.57 Å². The molecule has 0 N–H and O–H groups in total. The van der Waals surface area contributed by atoms with Crippen molar-refractivity contribution < 1.29 is 4.57 Å². The molecule has 4 heteroatoms. The van der Waals surface area contributed by atoms with Crippen LogP contribution < -0.4 is 0 Å². The zero-order chi connectivity index (χ0) is 2.00. The van der Waals surface area contributed by atoms with Gasteiger partial charge in [0.15, 0.2) is 17.4 Å². The van der Waals surface area contributed by atoms with Crippen molar-refractivity contribution in [2.45, 2.75) is 0 Å². The molecule has 0 bridgehead atoms. The van der Waals surface area contributed by atoms with E-state index in [9.17, 15) is 0 Å². The molecule has 0 aliphatic rings. The van der Waals surface area contributed by atoms with Crippen molar-refractivity contribution in [2.24, 2.45) is 0 Å². The van der Waals surface area contributed by atoms with E-state index >= 15 is 0 Å². The van der Waals surface area contributed by atoms with Crippen molar-refractivity contribution in [1.82, 2.24) is 0 Å². The summed E-state index contributed by atoms with van der Waals surface area (Å²) < 4.78 is 8.06. The Bertz CT molecular complexity index is 8.00. The van der Waals surface area contributed by atoms with E-state index in [1.54, 1.807) is 9.12 Å². The van der Waals surface area contributed by atoms with Crippen LogP contribution in [0.2, 0.25) is 0 Å². The molecule has 0 spiro atoms. The summed E-state index contributed by atoms with van der Waals surface area (Å²) in [6.07, 6.45) is 0. The molecule has 0 atom stereocenters. The maximum atomic E-state index is 8.06. The van der Waals surface area contributed by atoms with Crippen LogP contribution in [-0.4, -0.2) is 27.5 Å². The molecular weight excluding hydrogens is 83.0 g/mol. The molecule has 0 radical (unpaired) electrons. The summed E-state index contributed by atoms with van der Waals surface area (Å²) in [5.74, 6) is 0. The van der Waals surface area contributed by atoms with Crippen molar-refractivity contribution in [3.63, 3.8) is 0 Å². The van der Waals surface area contributed by atoms with Crippen LogP contribution in [0, 0.1) is 0 Å². The molecule has 0 aromatic carbocycles. The summed E-state index contributed by atoms with van der Waals surface area (Å²) in [4.78, 5) is 0. The topological polar surface area (TPSA) is 17.1 Å². The average molecular weight is 89.0 g/mol. The fourth-order valence-corrected chi connectivity index (χ4v) is 0. The summed E-state index contributed by atoms with van der Waals surface area (Å²) in [6, 6.07) is 0. The third-order valence-corrected chi connectivity index (χ3v) is 0. The van der Waals surface area contributed by atoms with Crippen LogP contribution in [0.1, 0.15) is 0 Å². The van der Waals surface area contributed by atoms with Crippen LogP contribution in [0.5, 0.6) is 0 Å². The monoisotopic (exact) mass is 89.0 g/mol. The molecule has 0 aliphatic heterocycles. The Kier molecular flexibility index (Phi) is 248. The first kappa shape index (κ1) is 21.4. The summed E-state index contributed by atoms with van der Waals surface area (Å²) in [5.41, 5.74) is 0. The van der Waals surface area contributed by atoms with Crippen LogP contribution in [0.15, 0.2) is 0 Å². The van der Waals surface area contributed by atoms with E-state index in [0.29, 0.717) is 0 Å². The molecule has 0 aliphatic carbocycles. The quantitative estimate of drug-likeness (QED) is 0.257. The Labute approximate surface area is 41.7 Å². The second-order valence-corrected chi connectivity index (χ2v) is 0. The summed E-state index contributed by atoms with van der Waals surface area (Å²) in [6.45, 7) is 0. The van der Waals surface area contributed by atoms with Crippen molar-refractivity contribution in [2.75, 3.05) is 0 Å². The van der Waals surface area contributed by atoms with Crippen molar-refractivity contribution in [1.29, 1.82) is 0 Å². The normalized spacial score (nSPS) is 1.00. The van der Waals surface area contributed by atoms with Gasteiger partial charge in [0.2, 0.25) is 0 Å². The Balaban J connectivity index is -0.00000000500. The molecule has 0 unspecified atom stereocenters. The second kappa shape index (κ2) is 46.5. The minimum atomic E-state index is 0. The third-order valence-electron chi connectivity index (χ3n) is 0. The van der Waals surface area contributed by atoms with Crippen LogP contribution in [-0.2, 0) is 4.57 Å². The van der Waals surface area contributed by atoms with E-state index in [2.05, 4.69) is 0 Å². The van der Waals surface area contributed by atoms with E-state index in [-0.39, 0.29) is 27.5 Å². The van der Waals surface area contributed by atoms with E-state index < -0.39 is 0 Å². The predicted molar refractivity (Wildman–Crippen MR) is 27.5 cm³/mol. The molecule has 0 heterocycles. The number of hydrogen-bond acceptors (Lipinski definition) is 1. The van der Waals surface area contributed by atoms with Gasteiger partial charge in [-0.05, 0) is 0 Å². The van der Waals surface area contributed by atoms with Crippen LogP contribution in [0.4, 0.5) is 0 Å². The van der Waals surface area contributed by atoms with Gasteiger partial charge in [-0.1, -0.05) is 0 Å². The number of hydrogen-bond donors (Lipinski definition) is 0. The molecule has 0 aromatic heterocycles. The molecule has 0 fully saturated rings. The van der Waals surface area contributed by atoms with Gasteiger partial charge in [0.1, 0.15) is 9.12 Å². The molecule has 0 rings (SSSR count). The fourth-order valence-electron chi connectivity index (χ4n) is 0. The molecule has 0 aromatic rings. The Morgan fingerprint density at radius 2 is 1.25 bits per heavy atom. The zero-order valence-corrected chi connectivity index (χ0v) is 1.91. The van der Waals surface area contributed by atoms with Gasteiger partial charge < -0.3 is 0 Å². The van der Waals surface area contributed by atoms with Gasteiger partial charge in [0, 0.05) is 0 Å². The van der Waals surface area contributed by atoms with Crippen molar-refractivity contribution in [3.8, 4) is 0 Å². The van der Waals surface area contributed by atoms with Crippen molar-refractivity contribution >= 4 is 36.6 Å². The first-order valence-electron chi connectivity index (χ1n) is 0.204. The number of rotatable bonds is 0. The van der Waals surface area contributed by atoms with Gasteiger partial charge >= 0.3 is 10.1 Å². The van der Waals surface area contributed by atoms with Crippen LogP contribution >= 0.6 is 9.12 Å². The van der Waals surface area contributed by atoms with E-state index in [1.807, 2.05) is 0 Å². The van der Waals surface area contributed by atoms with Crippen molar-refractivity contribution in [3.05, 3.63) is 0 Å². The summed E-state index contributed by atoms with van der Waals surface area (Å²) >= 11 is 0. The van der Waals surface area contributed by atoms with E-state index in [0.717, 1.165) is 0 Å². The average Bonchev–Trinajstić information content (AvgIpc) is 1.00. The molecule has 1 nitrogen and oxygen atoms in total. The Hall–Kier alpha value is 0.801. The molecule has 4 heavy (non-hydrogen) atoms. The zero-order valence-electron chi connectivity index (χ0n) is 0.908. The van der Waals surface area contributed by atoms with Crippen LogP contribution in [0.3, 0.4) is 0 Å². The Morgan fingerprint density at radius 3 is 1.25 bits per heavy atom. The molecule has 0 amide bonds. The summed E-state index contributed by atoms with van der Waals surface area (Å²) in [5, 5.41) is 0. The minimum absolute atomic E-state index is 0. The first-order chi connectivity index (χ1) is 1.00. The predicted octanol–water partition coefficient (Wildman–Crippen LogP) is -1.63. The van der Waals surface area contributed by atoms with Crippen LogP contribution in [0.25, 0.3) is 0 Å². The van der Waals surface area contributed by atoms with Gasteiger partial charge in [-0.15, -0.1) is 0 Å². The Morgan fingerprint density at radius 1 is 1.25 bits per heavy atom. The summed E-state index contributed by atoms with van der Waals surface area (Å²) in [7, 11) is 1.72. The molecule has 0 saturated heterocycles. The van der Waals surface area contributed by atoms with Gasteiger partial charge in [-0.25, -0.2) is 0 Å². The third kappa shape index (κ3) is 14.2. The first-order valence-corrected chi connectivity index (χ1v) is 0.612. The standard InChI is InChI=1S/Al.Be.HOP.5H/c;;1-2;;;;;/h;;2H;;;;;. The molecular formula is H6AlBeOP. The fraction of sp³-hybridized carbons (Fsp3) is 0. The van der Waals surface area contributed by atoms with Gasteiger partial charge in [0.25, 0.3) is 0 Å². The van der Waals surface area contributed by atoms with Gasteiger partial charge in [0.05, 0.1) is 0 Å². The van der Waals surface area contributed by atoms with Gasteiger partial charge in [-0.2, -0.15) is 0 Å². The second-order valence-electron chi connectivity index (χ2n) is 0. The van der Waals surface area contributed by atoms with E-state index in [4.69, 9.17) is 4.57 Å². The SMILES string of the molecule is O=P.[AlH3].[BeH2]. The maximum absolute atomic E-state index is 8.06.